The maximum absolute atomic E-state index is 12.2. The molecule has 0 spiro atoms. The molecule has 1 aromatic carbocycles. The molecule has 1 amide bonds. The van der Waals surface area contributed by atoms with Crippen LogP contribution < -0.4 is 0 Å². The first-order valence-electron chi connectivity index (χ1n) is 6.17. The number of aromatic nitrogens is 1. The lowest BCUT2D eigenvalue weighted by atomic mass is 10.2. The summed E-state index contributed by atoms with van der Waals surface area (Å²) in [6, 6.07) is 10.0. The lowest BCUT2D eigenvalue weighted by Gasteiger charge is -2.18. The Kier molecular flexibility index (Phi) is 4.55. The van der Waals surface area contributed by atoms with Crippen LogP contribution in [-0.2, 0) is 6.54 Å². The average molecular weight is 305 g/mol. The van der Waals surface area contributed by atoms with Gasteiger partial charge in [0.25, 0.3) is 5.91 Å². The largest absolute Gasteiger partial charge is 0.477 e. The number of pyridine rings is 1. The summed E-state index contributed by atoms with van der Waals surface area (Å²) in [5.74, 6) is -1.38. The predicted molar refractivity (Wildman–Crippen MR) is 78.4 cm³/mol. The summed E-state index contributed by atoms with van der Waals surface area (Å²) in [6.45, 7) is 0.360. The third-order valence-corrected chi connectivity index (χ3v) is 3.31. The fraction of sp³-hybridized carbons (Fsp3) is 0.133. The third-order valence-electron chi connectivity index (χ3n) is 2.94. The van der Waals surface area contributed by atoms with Crippen LogP contribution in [0.2, 0.25) is 5.02 Å². The number of carboxylic acid groups (broad SMARTS) is 1. The Bertz CT molecular complexity index is 671. The zero-order chi connectivity index (χ0) is 15.4. The van der Waals surface area contributed by atoms with Gasteiger partial charge in [0.1, 0.15) is 5.69 Å². The number of carbonyl (C=O) groups excluding carboxylic acids is 1. The van der Waals surface area contributed by atoms with Crippen LogP contribution in [0.1, 0.15) is 26.4 Å². The number of benzene rings is 1. The molecule has 6 heteroatoms. The summed E-state index contributed by atoms with van der Waals surface area (Å²) in [6.07, 6.45) is 1.26. The van der Waals surface area contributed by atoms with Crippen LogP contribution in [0.4, 0.5) is 0 Å². The quantitative estimate of drug-likeness (QED) is 0.943. The first-order valence-corrected chi connectivity index (χ1v) is 6.55. The van der Waals surface area contributed by atoms with E-state index >= 15 is 0 Å². The molecule has 0 radical (unpaired) electrons. The van der Waals surface area contributed by atoms with Crippen molar-refractivity contribution in [3.05, 3.63) is 64.4 Å². The van der Waals surface area contributed by atoms with Gasteiger partial charge in [-0.2, -0.15) is 0 Å². The van der Waals surface area contributed by atoms with Crippen LogP contribution in [0, 0.1) is 0 Å². The van der Waals surface area contributed by atoms with Crippen molar-refractivity contribution < 1.29 is 14.7 Å². The highest BCUT2D eigenvalue weighted by Gasteiger charge is 2.14. The van der Waals surface area contributed by atoms with E-state index in [0.29, 0.717) is 17.1 Å². The fourth-order valence-corrected chi connectivity index (χ4v) is 2.02. The number of carboxylic acids is 1. The second-order valence-electron chi connectivity index (χ2n) is 4.49. The van der Waals surface area contributed by atoms with Gasteiger partial charge in [0.15, 0.2) is 0 Å². The topological polar surface area (TPSA) is 70.5 Å². The van der Waals surface area contributed by atoms with E-state index in [4.69, 9.17) is 16.7 Å². The standard InChI is InChI=1S/C15H13ClN2O3/c1-18(9-11-4-2-3-5-12(11)16)14(19)10-6-7-13(15(20)21)17-8-10/h2-8H,9H2,1H3,(H,20,21). The first-order chi connectivity index (χ1) is 9.99. The molecule has 0 saturated carbocycles. The summed E-state index contributed by atoms with van der Waals surface area (Å²) < 4.78 is 0. The normalized spacial score (nSPS) is 10.2. The molecule has 0 aliphatic heterocycles. The molecule has 5 nitrogen and oxygen atoms in total. The van der Waals surface area contributed by atoms with Crippen molar-refractivity contribution in [1.29, 1.82) is 0 Å². The number of aromatic carboxylic acids is 1. The summed E-state index contributed by atoms with van der Waals surface area (Å²) in [7, 11) is 1.65. The van der Waals surface area contributed by atoms with Crippen molar-refractivity contribution in [2.24, 2.45) is 0 Å². The van der Waals surface area contributed by atoms with Gasteiger partial charge >= 0.3 is 5.97 Å². The number of carbonyl (C=O) groups is 2. The molecule has 0 aliphatic rings. The number of amides is 1. The molecular weight excluding hydrogens is 292 g/mol. The zero-order valence-electron chi connectivity index (χ0n) is 11.3. The van der Waals surface area contributed by atoms with Gasteiger partial charge in [0, 0.05) is 24.8 Å². The molecule has 2 rings (SSSR count). The van der Waals surface area contributed by atoms with E-state index in [1.165, 1.54) is 23.2 Å². The number of hydrogen-bond acceptors (Lipinski definition) is 3. The molecule has 1 aromatic heterocycles. The molecule has 1 heterocycles. The minimum Gasteiger partial charge on any atom is -0.477 e. The van der Waals surface area contributed by atoms with Gasteiger partial charge in [0.05, 0.1) is 5.56 Å². The summed E-state index contributed by atoms with van der Waals surface area (Å²) in [4.78, 5) is 28.2. The summed E-state index contributed by atoms with van der Waals surface area (Å²) in [5, 5.41) is 9.37. The third kappa shape index (κ3) is 3.58. The van der Waals surface area contributed by atoms with Crippen molar-refractivity contribution in [3.8, 4) is 0 Å². The van der Waals surface area contributed by atoms with E-state index in [0.717, 1.165) is 5.56 Å². The van der Waals surface area contributed by atoms with Gasteiger partial charge in [0.2, 0.25) is 0 Å². The number of rotatable bonds is 4. The first kappa shape index (κ1) is 15.0. The molecule has 0 bridgehead atoms. The van der Waals surface area contributed by atoms with Gasteiger partial charge in [-0.15, -0.1) is 0 Å². The highest BCUT2D eigenvalue weighted by atomic mass is 35.5. The van der Waals surface area contributed by atoms with E-state index in [-0.39, 0.29) is 11.6 Å². The Morgan fingerprint density at radius 3 is 2.52 bits per heavy atom. The predicted octanol–water partition coefficient (Wildman–Crippen LogP) is 2.71. The number of nitrogens with zero attached hydrogens (tertiary/aromatic N) is 2. The van der Waals surface area contributed by atoms with Crippen LogP contribution >= 0.6 is 11.6 Å². The molecule has 1 N–H and O–H groups in total. The molecule has 0 unspecified atom stereocenters. The Labute approximate surface area is 126 Å². The SMILES string of the molecule is CN(Cc1ccccc1Cl)C(=O)c1ccc(C(=O)O)nc1. The van der Waals surface area contributed by atoms with Gasteiger partial charge in [-0.05, 0) is 23.8 Å². The van der Waals surface area contributed by atoms with Crippen molar-refractivity contribution in [2.75, 3.05) is 7.05 Å². The molecule has 0 fully saturated rings. The van der Waals surface area contributed by atoms with Gasteiger partial charge in [-0.1, -0.05) is 29.8 Å². The maximum atomic E-state index is 12.2. The van der Waals surface area contributed by atoms with Crippen molar-refractivity contribution in [1.82, 2.24) is 9.88 Å². The van der Waals surface area contributed by atoms with E-state index in [2.05, 4.69) is 4.98 Å². The summed E-state index contributed by atoms with van der Waals surface area (Å²) >= 11 is 6.06. The van der Waals surface area contributed by atoms with Crippen molar-refractivity contribution >= 4 is 23.5 Å². The van der Waals surface area contributed by atoms with Crippen LogP contribution in [0.5, 0.6) is 0 Å². The van der Waals surface area contributed by atoms with E-state index in [1.807, 2.05) is 18.2 Å². The Morgan fingerprint density at radius 1 is 1.24 bits per heavy atom. The monoisotopic (exact) mass is 304 g/mol. The molecule has 0 aliphatic carbocycles. The zero-order valence-corrected chi connectivity index (χ0v) is 12.0. The minimum atomic E-state index is -1.13. The number of halogens is 1. The lowest BCUT2D eigenvalue weighted by molar-refractivity contribution is 0.0688. The van der Waals surface area contributed by atoms with Gasteiger partial charge < -0.3 is 10.0 Å². The smallest absolute Gasteiger partial charge is 0.354 e. The van der Waals surface area contributed by atoms with Crippen molar-refractivity contribution in [3.63, 3.8) is 0 Å². The molecule has 2 aromatic rings. The number of hydrogen-bond donors (Lipinski definition) is 1. The highest BCUT2D eigenvalue weighted by molar-refractivity contribution is 6.31. The van der Waals surface area contributed by atoms with Gasteiger partial charge in [-0.3, -0.25) is 4.79 Å². The molecular formula is C15H13ClN2O3. The lowest BCUT2D eigenvalue weighted by Crippen LogP contribution is -2.26. The molecule has 0 saturated heterocycles. The molecule has 108 valence electrons. The van der Waals surface area contributed by atoms with Crippen LogP contribution in [-0.4, -0.2) is 33.9 Å². The second kappa shape index (κ2) is 6.37. The highest BCUT2D eigenvalue weighted by Crippen LogP contribution is 2.17. The Hall–Kier alpha value is -2.40. The minimum absolute atomic E-state index is 0.0969. The molecule has 0 atom stereocenters. The summed E-state index contributed by atoms with van der Waals surface area (Å²) in [5.41, 5.74) is 1.07. The average Bonchev–Trinajstić information content (AvgIpc) is 2.49. The van der Waals surface area contributed by atoms with Crippen LogP contribution in [0.15, 0.2) is 42.6 Å². The van der Waals surface area contributed by atoms with Crippen LogP contribution in [0.25, 0.3) is 0 Å². The van der Waals surface area contributed by atoms with E-state index in [1.54, 1.807) is 13.1 Å². The van der Waals surface area contributed by atoms with Gasteiger partial charge in [-0.25, -0.2) is 9.78 Å². The molecule has 21 heavy (non-hydrogen) atoms. The Balaban J connectivity index is 2.12. The fourth-order valence-electron chi connectivity index (χ4n) is 1.82. The van der Waals surface area contributed by atoms with E-state index < -0.39 is 5.97 Å². The maximum Gasteiger partial charge on any atom is 0.354 e. The Morgan fingerprint density at radius 2 is 1.95 bits per heavy atom. The van der Waals surface area contributed by atoms with Crippen molar-refractivity contribution in [2.45, 2.75) is 6.54 Å². The van der Waals surface area contributed by atoms with Crippen LogP contribution in [0.3, 0.4) is 0 Å². The van der Waals surface area contributed by atoms with E-state index in [9.17, 15) is 9.59 Å². The second-order valence-corrected chi connectivity index (χ2v) is 4.90.